The highest BCUT2D eigenvalue weighted by atomic mass is 35.5. The van der Waals surface area contributed by atoms with Crippen LogP contribution in [-0.2, 0) is 14.4 Å². The van der Waals surface area contributed by atoms with E-state index in [2.05, 4.69) is 0 Å². The van der Waals surface area contributed by atoms with Gasteiger partial charge in [-0.3, -0.25) is 4.79 Å². The van der Waals surface area contributed by atoms with Crippen molar-refractivity contribution in [2.75, 3.05) is 11.4 Å². The lowest BCUT2D eigenvalue weighted by Gasteiger charge is -2.19. The fourth-order valence-corrected chi connectivity index (χ4v) is 1.56. The molecular weight excluding hydrogens is 293 g/mol. The van der Waals surface area contributed by atoms with Gasteiger partial charge < -0.3 is 14.8 Å². The Hall–Kier alpha value is -1.85. The molecule has 0 aliphatic rings. The molecule has 1 aromatic rings. The van der Waals surface area contributed by atoms with Gasteiger partial charge in [-0.15, -0.1) is 0 Å². The molecule has 0 saturated carbocycles. The number of carboxylic acids is 1. The second-order valence-corrected chi connectivity index (χ2v) is 4.11. The maximum absolute atomic E-state index is 12.0. The van der Waals surface area contributed by atoms with Gasteiger partial charge in [-0.25, -0.2) is 4.79 Å². The van der Waals surface area contributed by atoms with Crippen LogP contribution in [0.5, 0.6) is 0 Å². The lowest BCUT2D eigenvalue weighted by molar-refractivity contribution is -0.132. The van der Waals surface area contributed by atoms with Gasteiger partial charge in [0, 0.05) is 5.69 Å². The summed E-state index contributed by atoms with van der Waals surface area (Å²) >= 11 is 11.0. The first-order valence-electron chi connectivity index (χ1n) is 5.08. The molecule has 0 atom stereocenters. The number of nitrogens with zero attached hydrogens (tertiary/aromatic N) is 1. The molecule has 0 aliphatic carbocycles. The van der Waals surface area contributed by atoms with E-state index in [1.165, 1.54) is 0 Å². The van der Waals surface area contributed by atoms with Gasteiger partial charge in [-0.1, -0.05) is 41.4 Å². The second-order valence-electron chi connectivity index (χ2n) is 3.35. The highest BCUT2D eigenvalue weighted by Crippen LogP contribution is 2.21. The van der Waals surface area contributed by atoms with Crippen LogP contribution in [-0.4, -0.2) is 29.8 Å². The number of rotatable bonds is 5. The molecule has 0 heterocycles. The summed E-state index contributed by atoms with van der Waals surface area (Å²) in [6.07, 6.45) is 0.504. The van der Waals surface area contributed by atoms with Crippen LogP contribution in [0.25, 0.3) is 0 Å². The van der Waals surface area contributed by atoms with Crippen molar-refractivity contribution < 1.29 is 19.5 Å². The molecule has 1 aromatic carbocycles. The summed E-state index contributed by atoms with van der Waals surface area (Å²) in [6, 6.07) is 8.23. The van der Waals surface area contributed by atoms with Crippen LogP contribution >= 0.6 is 23.2 Å². The van der Waals surface area contributed by atoms with Gasteiger partial charge in [0.2, 0.25) is 0 Å². The number of carbonyl (C=O) groups is 3. The van der Waals surface area contributed by atoms with Gasteiger partial charge in [-0.2, -0.15) is 0 Å². The summed E-state index contributed by atoms with van der Waals surface area (Å²) < 4.78 is 0. The van der Waals surface area contributed by atoms with E-state index in [9.17, 15) is 14.4 Å². The number of hydrogen-bond acceptors (Lipinski definition) is 3. The minimum absolute atomic E-state index is 0.261. The molecule has 0 aromatic heterocycles. The third kappa shape index (κ3) is 3.81. The van der Waals surface area contributed by atoms with E-state index in [4.69, 9.17) is 28.3 Å². The number of amides is 1. The topological polar surface area (TPSA) is 74.7 Å². The zero-order valence-corrected chi connectivity index (χ0v) is 11.1. The lowest BCUT2D eigenvalue weighted by atomic mass is 10.2. The first-order valence-corrected chi connectivity index (χ1v) is 5.83. The Bertz CT molecular complexity index is 528. The maximum atomic E-state index is 12.0. The van der Waals surface area contributed by atoms with Gasteiger partial charge in [0.1, 0.15) is 16.4 Å². The zero-order chi connectivity index (χ0) is 14.4. The highest BCUT2D eigenvalue weighted by Gasteiger charge is 2.23. The molecule has 7 heteroatoms. The Labute approximate surface area is 119 Å². The first-order chi connectivity index (χ1) is 8.99. The Morgan fingerprint density at radius 2 is 1.74 bits per heavy atom. The molecule has 1 amide bonds. The van der Waals surface area contributed by atoms with E-state index in [0.29, 0.717) is 12.0 Å². The molecule has 19 heavy (non-hydrogen) atoms. The SMILES string of the molecule is O=CCN(C(=O)/C(Cl)=C(/Cl)C(=O)O)c1ccccc1. The Balaban J connectivity index is 3.14. The number of aliphatic carboxylic acids is 1. The average Bonchev–Trinajstić information content (AvgIpc) is 2.43. The first kappa shape index (κ1) is 15.2. The number of benzene rings is 1. The van der Waals surface area contributed by atoms with Crippen molar-refractivity contribution in [3.63, 3.8) is 0 Å². The van der Waals surface area contributed by atoms with Crippen LogP contribution in [0.2, 0.25) is 0 Å². The monoisotopic (exact) mass is 301 g/mol. The fraction of sp³-hybridized carbons (Fsp3) is 0.0833. The van der Waals surface area contributed by atoms with E-state index < -0.39 is 21.9 Å². The largest absolute Gasteiger partial charge is 0.477 e. The summed E-state index contributed by atoms with van der Waals surface area (Å²) in [5, 5.41) is 7.22. The van der Waals surface area contributed by atoms with Crippen molar-refractivity contribution in [1.82, 2.24) is 0 Å². The fourth-order valence-electron chi connectivity index (χ4n) is 1.29. The smallest absolute Gasteiger partial charge is 0.349 e. The normalized spacial score (nSPS) is 11.5. The molecule has 0 bridgehead atoms. The Morgan fingerprint density at radius 1 is 1.16 bits per heavy atom. The summed E-state index contributed by atoms with van der Waals surface area (Å²) in [4.78, 5) is 34.3. The van der Waals surface area contributed by atoms with Crippen molar-refractivity contribution in [3.05, 3.63) is 40.4 Å². The van der Waals surface area contributed by atoms with E-state index in [1.807, 2.05) is 0 Å². The van der Waals surface area contributed by atoms with Gasteiger partial charge in [0.05, 0.1) is 6.54 Å². The van der Waals surface area contributed by atoms with Crippen LogP contribution in [0, 0.1) is 0 Å². The quantitative estimate of drug-likeness (QED) is 0.667. The van der Waals surface area contributed by atoms with Gasteiger partial charge >= 0.3 is 5.97 Å². The van der Waals surface area contributed by atoms with Crippen LogP contribution in [0.3, 0.4) is 0 Å². The van der Waals surface area contributed by atoms with Gasteiger partial charge in [-0.05, 0) is 12.1 Å². The number of carboxylic acid groups (broad SMARTS) is 1. The number of aldehydes is 1. The predicted octanol–water partition coefficient (Wildman–Crippen LogP) is 1.99. The molecule has 5 nitrogen and oxygen atoms in total. The average molecular weight is 302 g/mol. The molecule has 0 aliphatic heterocycles. The number of carbonyl (C=O) groups excluding carboxylic acids is 2. The molecule has 1 N–H and O–H groups in total. The molecule has 100 valence electrons. The predicted molar refractivity (Wildman–Crippen MR) is 71.2 cm³/mol. The van der Waals surface area contributed by atoms with Crippen molar-refractivity contribution >= 4 is 47.1 Å². The maximum Gasteiger partial charge on any atom is 0.349 e. The molecule has 0 spiro atoms. The van der Waals surface area contributed by atoms with Crippen molar-refractivity contribution in [2.24, 2.45) is 0 Å². The highest BCUT2D eigenvalue weighted by molar-refractivity contribution is 6.54. The minimum atomic E-state index is -1.51. The van der Waals surface area contributed by atoms with Crippen molar-refractivity contribution in [2.45, 2.75) is 0 Å². The van der Waals surface area contributed by atoms with Crippen molar-refractivity contribution in [3.8, 4) is 0 Å². The summed E-state index contributed by atoms with van der Waals surface area (Å²) in [6.45, 7) is -0.261. The van der Waals surface area contributed by atoms with E-state index in [-0.39, 0.29) is 6.54 Å². The van der Waals surface area contributed by atoms with Crippen LogP contribution < -0.4 is 4.90 Å². The third-order valence-electron chi connectivity index (χ3n) is 2.14. The Kier molecular flexibility index (Phi) is 5.54. The molecule has 1 rings (SSSR count). The summed E-state index contributed by atoms with van der Waals surface area (Å²) in [7, 11) is 0. The summed E-state index contributed by atoms with van der Waals surface area (Å²) in [5.74, 6) is -2.37. The number of hydrogen-bond donors (Lipinski definition) is 1. The number of para-hydroxylation sites is 1. The van der Waals surface area contributed by atoms with E-state index in [0.717, 1.165) is 4.90 Å². The van der Waals surface area contributed by atoms with E-state index >= 15 is 0 Å². The molecule has 0 unspecified atom stereocenters. The molecule has 0 saturated heterocycles. The van der Waals surface area contributed by atoms with E-state index in [1.54, 1.807) is 30.3 Å². The number of halogens is 2. The summed E-state index contributed by atoms with van der Waals surface area (Å²) in [5.41, 5.74) is 0.410. The molecule has 0 fully saturated rings. The molecular formula is C12H9Cl2NO4. The zero-order valence-electron chi connectivity index (χ0n) is 9.55. The molecule has 0 radical (unpaired) electrons. The minimum Gasteiger partial charge on any atom is -0.477 e. The Morgan fingerprint density at radius 3 is 2.21 bits per heavy atom. The van der Waals surface area contributed by atoms with Crippen LogP contribution in [0.4, 0.5) is 5.69 Å². The lowest BCUT2D eigenvalue weighted by Crippen LogP contribution is -2.33. The number of anilines is 1. The van der Waals surface area contributed by atoms with Crippen LogP contribution in [0.15, 0.2) is 40.4 Å². The van der Waals surface area contributed by atoms with Gasteiger partial charge in [0.25, 0.3) is 5.91 Å². The van der Waals surface area contributed by atoms with Gasteiger partial charge in [0.15, 0.2) is 0 Å². The standard InChI is InChI=1S/C12H9Cl2NO4/c13-9(10(14)12(18)19)11(17)15(6-7-16)8-4-2-1-3-5-8/h1-5,7H,6H2,(H,18,19)/b10-9-. The van der Waals surface area contributed by atoms with Crippen LogP contribution in [0.1, 0.15) is 0 Å². The van der Waals surface area contributed by atoms with Crippen molar-refractivity contribution in [1.29, 1.82) is 0 Å². The third-order valence-corrected chi connectivity index (χ3v) is 2.94. The second kappa shape index (κ2) is 6.92.